The highest BCUT2D eigenvalue weighted by Crippen LogP contribution is 2.29. The molecule has 0 saturated heterocycles. The van der Waals surface area contributed by atoms with Gasteiger partial charge < -0.3 is 17.7 Å². The molecule has 2 aliphatic carbocycles. The number of oxazole rings is 2. The molecule has 0 N–H and O–H groups in total. The van der Waals surface area contributed by atoms with Crippen LogP contribution in [0.1, 0.15) is 127 Å². The molecule has 3 aliphatic rings. The van der Waals surface area contributed by atoms with Gasteiger partial charge in [-0.1, -0.05) is 168 Å². The lowest BCUT2D eigenvalue weighted by atomic mass is 9.88. The topological polar surface area (TPSA) is 90.7 Å². The summed E-state index contributed by atoms with van der Waals surface area (Å²) in [6.07, 6.45) is 14.1. The number of hydrogen-bond donors (Lipinski definition) is 0. The Hall–Kier alpha value is -8.29. The van der Waals surface area contributed by atoms with Crippen molar-refractivity contribution in [2.75, 3.05) is 0 Å². The summed E-state index contributed by atoms with van der Waals surface area (Å²) in [5.41, 5.74) is 22.7. The van der Waals surface area contributed by atoms with Crippen LogP contribution in [0.5, 0.6) is 0 Å². The molecular weight excluding hydrogens is 995 g/mol. The zero-order valence-electron chi connectivity index (χ0n) is 50.3. The highest BCUT2D eigenvalue weighted by atomic mass is 16.4. The number of nitrogens with zero attached hydrogens (tertiary/aromatic N) is 3. The molecule has 0 unspecified atom stereocenters. The summed E-state index contributed by atoms with van der Waals surface area (Å²) in [5, 5.41) is 2.38. The van der Waals surface area contributed by atoms with Gasteiger partial charge >= 0.3 is 0 Å². The van der Waals surface area contributed by atoms with Crippen molar-refractivity contribution in [1.29, 1.82) is 0 Å². The molecular formula is C74H81N3O4. The van der Waals surface area contributed by atoms with Crippen LogP contribution in [0.3, 0.4) is 0 Å². The second-order valence-electron chi connectivity index (χ2n) is 24.0. The fourth-order valence-electron chi connectivity index (χ4n) is 10.0. The van der Waals surface area contributed by atoms with Crippen LogP contribution >= 0.6 is 0 Å². The van der Waals surface area contributed by atoms with E-state index in [-0.39, 0.29) is 0 Å². The van der Waals surface area contributed by atoms with Crippen LogP contribution in [-0.4, -0.2) is 16.2 Å². The average Bonchev–Trinajstić information content (AvgIpc) is 4.30. The lowest BCUT2D eigenvalue weighted by Crippen LogP contribution is -2.08. The van der Waals surface area contributed by atoms with E-state index in [0.29, 0.717) is 10.8 Å². The van der Waals surface area contributed by atoms with Crippen LogP contribution in [0.4, 0.5) is 5.69 Å². The first-order valence-electron chi connectivity index (χ1n) is 28.4. The van der Waals surface area contributed by atoms with Gasteiger partial charge in [0.2, 0.25) is 0 Å². The minimum absolute atomic E-state index is 0.308. The quantitative estimate of drug-likeness (QED) is 0.171. The van der Waals surface area contributed by atoms with Gasteiger partial charge in [-0.25, -0.2) is 9.97 Å². The summed E-state index contributed by atoms with van der Waals surface area (Å²) in [4.78, 5) is 12.7. The fraction of sp³-hybridized carbons (Fsp3) is 0.284. The Morgan fingerprint density at radius 3 is 1.64 bits per heavy atom. The number of allylic oxidation sites excluding steroid dienone is 3. The van der Waals surface area contributed by atoms with E-state index in [2.05, 4.69) is 193 Å². The van der Waals surface area contributed by atoms with Gasteiger partial charge in [-0.05, 0) is 183 Å². The maximum Gasteiger partial charge on any atom is 0.192 e. The van der Waals surface area contributed by atoms with E-state index in [9.17, 15) is 0 Å². The van der Waals surface area contributed by atoms with E-state index < -0.39 is 0 Å². The number of aryl methyl sites for hydroxylation is 7. The third-order valence-electron chi connectivity index (χ3n) is 13.7. The molecule has 14 rings (SSSR count). The zero-order valence-corrected chi connectivity index (χ0v) is 50.3. The molecule has 7 heteroatoms. The molecule has 7 nitrogen and oxygen atoms in total. The Morgan fingerprint density at radius 2 is 0.975 bits per heavy atom. The lowest BCUT2D eigenvalue weighted by molar-refractivity contribution is 0.411. The van der Waals surface area contributed by atoms with Gasteiger partial charge in [-0.2, -0.15) is 0 Å². The number of aromatic nitrogens is 2. The molecule has 0 amide bonds. The summed E-state index contributed by atoms with van der Waals surface area (Å²) in [6, 6.07) is 52.4. The van der Waals surface area contributed by atoms with E-state index in [1.54, 1.807) is 0 Å². The number of aliphatic imine (C=N–C) groups is 1. The molecule has 0 spiro atoms. The van der Waals surface area contributed by atoms with Crippen molar-refractivity contribution < 1.29 is 17.7 Å². The van der Waals surface area contributed by atoms with Crippen molar-refractivity contribution in [2.45, 2.75) is 129 Å². The van der Waals surface area contributed by atoms with Gasteiger partial charge in [0.25, 0.3) is 0 Å². The molecule has 0 saturated carbocycles. The van der Waals surface area contributed by atoms with Gasteiger partial charge in [0.1, 0.15) is 33.7 Å². The Labute approximate surface area is 480 Å². The summed E-state index contributed by atoms with van der Waals surface area (Å²) >= 11 is 0. The molecule has 0 bridgehead atoms. The fourth-order valence-corrected chi connectivity index (χ4v) is 10.0. The van der Waals surface area contributed by atoms with Crippen LogP contribution in [-0.2, 0) is 32.1 Å². The van der Waals surface area contributed by atoms with E-state index in [4.69, 9.17) is 17.7 Å². The molecule has 5 heterocycles. The molecule has 81 heavy (non-hydrogen) atoms. The standard InChI is InChI=1S/C14H18O.C13H17NO.C11H12.C10H10.C9H9N.C9H8O.C8H7NO/c1-10-7-12-6-5-11(8-13(12)15-10)9-14(2,3)4;1-9-14-11-6-5-10(7-12(11)15-9)8-13(2,3)4;1-8-3-5-10-6-4-9(2)11(10)7-8;1-8-5-6-9-3-2-4-10(9)7-8;1-7-2-3-8-4-5-10-9(8)6-7;1-7-6-8-4-2-3-5-9(8)10-7;1-6-9-7-4-2-3-5-8(7)10-6/h5-8H,9H2,1-4H3;5-7H,8H2,1-4H3;3-5,7H,6H2,1-2H3;2,4-7H,3H2,1H3;2-3,5-6H,4H2,1H3;2-6H,1H3;2-5H,1H3. The summed E-state index contributed by atoms with van der Waals surface area (Å²) in [6.45, 7) is 29.7. The Kier molecular flexibility index (Phi) is 19.1. The first kappa shape index (κ1) is 58.8. The van der Waals surface area contributed by atoms with Crippen molar-refractivity contribution in [1.82, 2.24) is 9.97 Å². The van der Waals surface area contributed by atoms with Crippen LogP contribution < -0.4 is 0 Å². The number of para-hydroxylation sites is 3. The number of benzene rings is 7. The minimum Gasteiger partial charge on any atom is -0.461 e. The first-order chi connectivity index (χ1) is 38.6. The Bertz CT molecular complexity index is 3690. The molecule has 0 fully saturated rings. The molecule has 0 radical (unpaired) electrons. The van der Waals surface area contributed by atoms with Crippen LogP contribution in [0.2, 0.25) is 0 Å². The van der Waals surface area contributed by atoms with E-state index in [0.717, 1.165) is 94.5 Å². The smallest absolute Gasteiger partial charge is 0.192 e. The second kappa shape index (κ2) is 26.3. The number of fused-ring (bicyclic) bond motifs is 7. The molecule has 416 valence electrons. The van der Waals surface area contributed by atoms with Gasteiger partial charge in [-0.15, -0.1) is 0 Å². The predicted molar refractivity (Wildman–Crippen MR) is 341 cm³/mol. The number of hydrogen-bond acceptors (Lipinski definition) is 7. The maximum absolute atomic E-state index is 5.62. The molecule has 11 aromatic rings. The summed E-state index contributed by atoms with van der Waals surface area (Å²) < 4.78 is 21.8. The minimum atomic E-state index is 0.308. The van der Waals surface area contributed by atoms with Gasteiger partial charge in [0.05, 0.1) is 5.69 Å². The van der Waals surface area contributed by atoms with Crippen LogP contribution in [0.15, 0.2) is 186 Å². The highest BCUT2D eigenvalue weighted by molar-refractivity contribution is 5.79. The second-order valence-corrected chi connectivity index (χ2v) is 24.0. The van der Waals surface area contributed by atoms with Crippen molar-refractivity contribution in [3.05, 3.63) is 243 Å². The van der Waals surface area contributed by atoms with E-state index >= 15 is 0 Å². The normalized spacial score (nSPS) is 12.5. The monoisotopic (exact) mass is 1080 g/mol. The Balaban J connectivity index is 0.000000125. The molecule has 1 aliphatic heterocycles. The van der Waals surface area contributed by atoms with E-state index in [1.165, 1.54) is 72.0 Å². The summed E-state index contributed by atoms with van der Waals surface area (Å²) in [7, 11) is 0. The molecule has 7 aromatic carbocycles. The predicted octanol–water partition coefficient (Wildman–Crippen LogP) is 20.7. The van der Waals surface area contributed by atoms with E-state index in [1.807, 2.05) is 94.6 Å². The van der Waals surface area contributed by atoms with Crippen molar-refractivity contribution in [3.8, 4) is 0 Å². The maximum atomic E-state index is 5.62. The van der Waals surface area contributed by atoms with Gasteiger partial charge in [0.15, 0.2) is 22.9 Å². The van der Waals surface area contributed by atoms with Crippen molar-refractivity contribution in [3.63, 3.8) is 0 Å². The highest BCUT2D eigenvalue weighted by Gasteiger charge is 2.14. The third-order valence-corrected chi connectivity index (χ3v) is 13.7. The average molecular weight is 1080 g/mol. The number of rotatable bonds is 2. The van der Waals surface area contributed by atoms with Crippen molar-refractivity contribution >= 4 is 67.7 Å². The van der Waals surface area contributed by atoms with Gasteiger partial charge in [0, 0.05) is 37.3 Å². The lowest BCUT2D eigenvalue weighted by Gasteiger charge is -2.17. The van der Waals surface area contributed by atoms with Crippen LogP contribution in [0, 0.1) is 59.3 Å². The SMILES string of the molecule is CC1=CCc2ccc(C)cc21.Cc1cc2ccc(CC(C)(C)C)cc2o1.Cc1cc2ccccc2o1.Cc1ccc2c(c1)C=CC2.Cc1ccc2c(c1)N=CC2.Cc1nc2ccc(CC(C)(C)C)cc2o1.Cc1nc2ccccc2o1. The zero-order chi connectivity index (χ0) is 57.8. The van der Waals surface area contributed by atoms with Crippen LogP contribution in [0.25, 0.3) is 55.8 Å². The Morgan fingerprint density at radius 1 is 0.432 bits per heavy atom. The molecule has 0 atom stereocenters. The van der Waals surface area contributed by atoms with Gasteiger partial charge in [-0.3, -0.25) is 4.99 Å². The molecule has 4 aromatic heterocycles. The van der Waals surface area contributed by atoms with Crippen molar-refractivity contribution in [2.24, 2.45) is 15.8 Å². The first-order valence-corrected chi connectivity index (χ1v) is 28.4. The third kappa shape index (κ3) is 17.4. The largest absolute Gasteiger partial charge is 0.461 e. The number of furan rings is 2. The summed E-state index contributed by atoms with van der Waals surface area (Å²) in [5.74, 6) is 3.42.